The number of hydrogen-bond acceptors (Lipinski definition) is 2. The highest BCUT2D eigenvalue weighted by atomic mass is 31.2. The largest absolute Gasteiger partial charge is 0.481 e. The zero-order chi connectivity index (χ0) is 20.1. The third-order valence-electron chi connectivity index (χ3n) is 5.15. The lowest BCUT2D eigenvalue weighted by Crippen LogP contribution is -2.18. The summed E-state index contributed by atoms with van der Waals surface area (Å²) in [5.41, 5.74) is 0.772. The summed E-state index contributed by atoms with van der Waals surface area (Å²) in [7, 11) is -3.78. The molecular formula is C23H25O4P. The van der Waals surface area contributed by atoms with E-state index in [0.29, 0.717) is 12.0 Å². The molecule has 0 aliphatic carbocycles. The summed E-state index contributed by atoms with van der Waals surface area (Å²) in [4.78, 5) is 22.8. The molecule has 3 rings (SSSR count). The van der Waals surface area contributed by atoms with Crippen LogP contribution in [-0.4, -0.2) is 22.1 Å². The monoisotopic (exact) mass is 396 g/mol. The van der Waals surface area contributed by atoms with Crippen LogP contribution in [0.1, 0.15) is 42.5 Å². The number of carbonyl (C=O) groups is 1. The van der Waals surface area contributed by atoms with Crippen LogP contribution in [0.2, 0.25) is 0 Å². The Labute approximate surface area is 165 Å². The Hall–Kier alpha value is -2.42. The van der Waals surface area contributed by atoms with E-state index in [1.807, 2.05) is 49.4 Å². The second kappa shape index (κ2) is 8.72. The van der Waals surface area contributed by atoms with Crippen molar-refractivity contribution in [2.24, 2.45) is 0 Å². The van der Waals surface area contributed by atoms with Crippen LogP contribution in [0, 0.1) is 0 Å². The Kier molecular flexibility index (Phi) is 6.33. The maximum atomic E-state index is 13.4. The molecule has 0 amide bonds. The van der Waals surface area contributed by atoms with Gasteiger partial charge in [-0.1, -0.05) is 86.1 Å². The number of benzene rings is 3. The van der Waals surface area contributed by atoms with Crippen LogP contribution in [0.4, 0.5) is 0 Å². The Bertz CT molecular complexity index is 1000. The van der Waals surface area contributed by atoms with Crippen LogP contribution in [0.5, 0.6) is 0 Å². The third kappa shape index (κ3) is 4.52. The van der Waals surface area contributed by atoms with Gasteiger partial charge in [0.05, 0.1) is 11.6 Å². The first kappa shape index (κ1) is 20.3. The van der Waals surface area contributed by atoms with E-state index in [9.17, 15) is 19.4 Å². The van der Waals surface area contributed by atoms with Crippen molar-refractivity contribution in [2.75, 3.05) is 6.16 Å². The molecule has 0 radical (unpaired) electrons. The van der Waals surface area contributed by atoms with E-state index in [1.54, 1.807) is 30.3 Å². The number of fused-ring (bicyclic) bond motifs is 1. The molecule has 5 heteroatoms. The standard InChI is InChI=1S/C23H25O4P/c1-2-8-22(20-14-13-17-9-6-7-12-19(17)15-20)28(26,27)16-21(23(24)25)18-10-4-3-5-11-18/h3-7,9-15,21-22H,2,8,16H2,1H3,(H,24,25)(H,26,27). The Morgan fingerprint density at radius 1 is 0.929 bits per heavy atom. The molecule has 146 valence electrons. The molecule has 0 spiro atoms. The van der Waals surface area contributed by atoms with E-state index in [1.165, 1.54) is 0 Å². The van der Waals surface area contributed by atoms with E-state index >= 15 is 0 Å². The summed E-state index contributed by atoms with van der Waals surface area (Å²) in [6.45, 7) is 1.97. The SMILES string of the molecule is CCCC(c1ccc2ccccc2c1)P(=O)(O)CC(C(=O)O)c1ccccc1. The topological polar surface area (TPSA) is 74.6 Å². The Balaban J connectivity index is 1.96. The quantitative estimate of drug-likeness (QED) is 0.471. The average Bonchev–Trinajstić information content (AvgIpc) is 2.70. The Morgan fingerprint density at radius 2 is 1.57 bits per heavy atom. The van der Waals surface area contributed by atoms with Crippen molar-refractivity contribution in [3.8, 4) is 0 Å². The lowest BCUT2D eigenvalue weighted by atomic mass is 10.0. The summed E-state index contributed by atoms with van der Waals surface area (Å²) in [6, 6.07) is 22.4. The van der Waals surface area contributed by atoms with Crippen LogP contribution in [0.15, 0.2) is 72.8 Å². The van der Waals surface area contributed by atoms with Crippen molar-refractivity contribution in [3.63, 3.8) is 0 Å². The molecule has 28 heavy (non-hydrogen) atoms. The van der Waals surface area contributed by atoms with E-state index in [4.69, 9.17) is 0 Å². The number of hydrogen-bond donors (Lipinski definition) is 2. The van der Waals surface area contributed by atoms with Crippen LogP contribution in [0.25, 0.3) is 10.8 Å². The molecule has 3 aromatic carbocycles. The third-order valence-corrected chi connectivity index (χ3v) is 7.57. The van der Waals surface area contributed by atoms with Gasteiger partial charge in [-0.25, -0.2) is 0 Å². The molecule has 3 aromatic rings. The van der Waals surface area contributed by atoms with Gasteiger partial charge in [-0.15, -0.1) is 0 Å². The van der Waals surface area contributed by atoms with Gasteiger partial charge >= 0.3 is 5.97 Å². The van der Waals surface area contributed by atoms with Gasteiger partial charge in [0.25, 0.3) is 0 Å². The van der Waals surface area contributed by atoms with Crippen LogP contribution >= 0.6 is 7.37 Å². The molecule has 3 unspecified atom stereocenters. The van der Waals surface area contributed by atoms with Crippen LogP contribution < -0.4 is 0 Å². The first-order valence-electron chi connectivity index (χ1n) is 9.50. The predicted octanol–water partition coefficient (Wildman–Crippen LogP) is 5.82. The molecule has 0 aliphatic rings. The summed E-state index contributed by atoms with van der Waals surface area (Å²) in [5.74, 6) is -2.08. The molecule has 0 fully saturated rings. The number of carboxylic acids is 1. The highest BCUT2D eigenvalue weighted by Gasteiger charge is 2.37. The lowest BCUT2D eigenvalue weighted by Gasteiger charge is -2.26. The lowest BCUT2D eigenvalue weighted by molar-refractivity contribution is -0.138. The van der Waals surface area contributed by atoms with Crippen molar-refractivity contribution in [1.29, 1.82) is 0 Å². The summed E-state index contributed by atoms with van der Waals surface area (Å²) in [6.07, 6.45) is 1.00. The number of rotatable bonds is 8. The van der Waals surface area contributed by atoms with Crippen molar-refractivity contribution >= 4 is 24.1 Å². The molecule has 0 aromatic heterocycles. The fourth-order valence-corrected chi connectivity index (χ4v) is 6.12. The van der Waals surface area contributed by atoms with Gasteiger partial charge in [-0.2, -0.15) is 0 Å². The van der Waals surface area contributed by atoms with Crippen LogP contribution in [0.3, 0.4) is 0 Å². The fourth-order valence-electron chi connectivity index (χ4n) is 3.69. The molecule has 4 nitrogen and oxygen atoms in total. The second-order valence-electron chi connectivity index (χ2n) is 7.15. The first-order valence-corrected chi connectivity index (χ1v) is 11.4. The molecule has 0 aliphatic heterocycles. The molecule has 2 N–H and O–H groups in total. The maximum absolute atomic E-state index is 13.4. The van der Waals surface area contributed by atoms with Gasteiger partial charge in [0.15, 0.2) is 0 Å². The van der Waals surface area contributed by atoms with Gasteiger partial charge in [0.1, 0.15) is 0 Å². The number of aliphatic carboxylic acids is 1. The van der Waals surface area contributed by atoms with Crippen molar-refractivity contribution in [1.82, 2.24) is 0 Å². The smallest absolute Gasteiger partial charge is 0.311 e. The fraction of sp³-hybridized carbons (Fsp3) is 0.261. The molecule has 3 atom stereocenters. The summed E-state index contributed by atoms with van der Waals surface area (Å²) < 4.78 is 13.4. The summed E-state index contributed by atoms with van der Waals surface area (Å²) in [5, 5.41) is 11.8. The highest BCUT2D eigenvalue weighted by molar-refractivity contribution is 7.58. The molecule has 0 saturated carbocycles. The molecule has 0 heterocycles. The minimum Gasteiger partial charge on any atom is -0.481 e. The second-order valence-corrected chi connectivity index (χ2v) is 9.65. The van der Waals surface area contributed by atoms with Gasteiger partial charge in [-0.05, 0) is 28.3 Å². The molecular weight excluding hydrogens is 371 g/mol. The average molecular weight is 396 g/mol. The summed E-state index contributed by atoms with van der Waals surface area (Å²) >= 11 is 0. The first-order chi connectivity index (χ1) is 13.4. The normalized spacial score (nSPS) is 15.6. The van der Waals surface area contributed by atoms with Gasteiger partial charge in [0.2, 0.25) is 7.37 Å². The zero-order valence-corrected chi connectivity index (χ0v) is 16.8. The van der Waals surface area contributed by atoms with E-state index in [0.717, 1.165) is 22.8 Å². The highest BCUT2D eigenvalue weighted by Crippen LogP contribution is 2.59. The minimum atomic E-state index is -3.78. The zero-order valence-electron chi connectivity index (χ0n) is 15.9. The van der Waals surface area contributed by atoms with Gasteiger partial charge < -0.3 is 10.00 Å². The van der Waals surface area contributed by atoms with E-state index in [-0.39, 0.29) is 6.16 Å². The van der Waals surface area contributed by atoms with Crippen molar-refractivity contribution in [2.45, 2.75) is 31.3 Å². The van der Waals surface area contributed by atoms with E-state index < -0.39 is 24.9 Å². The molecule has 0 bridgehead atoms. The van der Waals surface area contributed by atoms with E-state index in [2.05, 4.69) is 0 Å². The van der Waals surface area contributed by atoms with Gasteiger partial charge in [0, 0.05) is 6.16 Å². The van der Waals surface area contributed by atoms with Crippen LogP contribution in [-0.2, 0) is 9.36 Å². The van der Waals surface area contributed by atoms with Gasteiger partial charge in [-0.3, -0.25) is 9.36 Å². The molecule has 0 saturated heterocycles. The predicted molar refractivity (Wildman–Crippen MR) is 113 cm³/mol. The maximum Gasteiger partial charge on any atom is 0.311 e. The Morgan fingerprint density at radius 3 is 2.21 bits per heavy atom. The minimum absolute atomic E-state index is 0.274. The van der Waals surface area contributed by atoms with Crippen molar-refractivity contribution in [3.05, 3.63) is 83.9 Å². The van der Waals surface area contributed by atoms with Crippen molar-refractivity contribution < 1.29 is 19.4 Å². The number of carboxylic acid groups (broad SMARTS) is 1.